The molecule has 1 atom stereocenters. The third kappa shape index (κ3) is 5.72. The van der Waals surface area contributed by atoms with Crippen molar-refractivity contribution in [3.63, 3.8) is 0 Å². The number of para-hydroxylation sites is 1. The number of rotatable bonds is 7. The third-order valence-electron chi connectivity index (χ3n) is 4.45. The molecule has 0 bridgehead atoms. The van der Waals surface area contributed by atoms with Crippen LogP contribution in [0, 0.1) is 0 Å². The van der Waals surface area contributed by atoms with Crippen molar-refractivity contribution in [2.75, 3.05) is 44.2 Å². The van der Waals surface area contributed by atoms with E-state index in [-0.39, 0.29) is 0 Å². The van der Waals surface area contributed by atoms with E-state index in [4.69, 9.17) is 16.3 Å². The predicted octanol–water partition coefficient (Wildman–Crippen LogP) is 3.04. The zero-order valence-electron chi connectivity index (χ0n) is 14.4. The SMILES string of the molecule is OC(COCc1ccc(Cl)cc1)CN1CCN(c2ccccc2)CC1. The quantitative estimate of drug-likeness (QED) is 0.823. The number of anilines is 1. The molecule has 25 heavy (non-hydrogen) atoms. The first kappa shape index (κ1) is 18.2. The first-order valence-corrected chi connectivity index (χ1v) is 9.11. The van der Waals surface area contributed by atoms with Crippen LogP contribution in [0.15, 0.2) is 54.6 Å². The molecule has 0 amide bonds. The monoisotopic (exact) mass is 360 g/mol. The van der Waals surface area contributed by atoms with Crippen molar-refractivity contribution < 1.29 is 9.84 Å². The number of benzene rings is 2. The molecule has 0 radical (unpaired) electrons. The highest BCUT2D eigenvalue weighted by molar-refractivity contribution is 6.30. The van der Waals surface area contributed by atoms with E-state index in [1.807, 2.05) is 30.3 Å². The van der Waals surface area contributed by atoms with Gasteiger partial charge in [-0.3, -0.25) is 4.90 Å². The second kappa shape index (κ2) is 9.20. The van der Waals surface area contributed by atoms with Crippen LogP contribution in [0.2, 0.25) is 5.02 Å². The lowest BCUT2D eigenvalue weighted by Gasteiger charge is -2.36. The van der Waals surface area contributed by atoms with Gasteiger partial charge in [0.1, 0.15) is 0 Å². The molecule has 1 saturated heterocycles. The summed E-state index contributed by atoms with van der Waals surface area (Å²) in [6.45, 7) is 5.40. The minimum atomic E-state index is -0.462. The van der Waals surface area contributed by atoms with E-state index in [0.717, 1.165) is 36.8 Å². The van der Waals surface area contributed by atoms with Crippen LogP contribution in [0.1, 0.15) is 5.56 Å². The van der Waals surface area contributed by atoms with Gasteiger partial charge in [-0.1, -0.05) is 41.9 Å². The van der Waals surface area contributed by atoms with Crippen LogP contribution in [-0.4, -0.2) is 55.4 Å². The van der Waals surface area contributed by atoms with Gasteiger partial charge < -0.3 is 14.7 Å². The molecule has 1 aliphatic heterocycles. The van der Waals surface area contributed by atoms with Gasteiger partial charge in [-0.15, -0.1) is 0 Å². The summed E-state index contributed by atoms with van der Waals surface area (Å²) in [6, 6.07) is 18.1. The summed E-state index contributed by atoms with van der Waals surface area (Å²) in [5.41, 5.74) is 2.34. The maximum atomic E-state index is 10.2. The standard InChI is InChI=1S/C20H25ClN2O2/c21-18-8-6-17(7-9-18)15-25-16-20(24)14-22-10-12-23(13-11-22)19-4-2-1-3-5-19/h1-9,20,24H,10-16H2. The fourth-order valence-electron chi connectivity index (χ4n) is 3.07. The Morgan fingerprint density at radius 1 is 0.960 bits per heavy atom. The topological polar surface area (TPSA) is 35.9 Å². The van der Waals surface area contributed by atoms with E-state index in [1.54, 1.807) is 0 Å². The lowest BCUT2D eigenvalue weighted by molar-refractivity contribution is 0.00914. The average molecular weight is 361 g/mol. The normalized spacial score (nSPS) is 16.8. The average Bonchev–Trinajstić information content (AvgIpc) is 2.65. The van der Waals surface area contributed by atoms with Gasteiger partial charge >= 0.3 is 0 Å². The zero-order valence-corrected chi connectivity index (χ0v) is 15.1. The van der Waals surface area contributed by atoms with Crippen LogP contribution in [0.25, 0.3) is 0 Å². The molecule has 5 heteroatoms. The van der Waals surface area contributed by atoms with Gasteiger partial charge in [-0.25, -0.2) is 0 Å². The van der Waals surface area contributed by atoms with Gasteiger partial charge in [0.05, 0.1) is 19.3 Å². The van der Waals surface area contributed by atoms with Crippen molar-refractivity contribution in [1.29, 1.82) is 0 Å². The summed E-state index contributed by atoms with van der Waals surface area (Å²) in [4.78, 5) is 4.69. The molecule has 0 spiro atoms. The molecule has 1 aliphatic rings. The molecule has 1 heterocycles. The van der Waals surface area contributed by atoms with Gasteiger partial charge in [-0.2, -0.15) is 0 Å². The number of hydrogen-bond acceptors (Lipinski definition) is 4. The number of piperazine rings is 1. The van der Waals surface area contributed by atoms with Crippen LogP contribution in [0.5, 0.6) is 0 Å². The number of aliphatic hydroxyl groups excluding tert-OH is 1. The molecule has 1 unspecified atom stereocenters. The smallest absolute Gasteiger partial charge is 0.0900 e. The lowest BCUT2D eigenvalue weighted by Crippen LogP contribution is -2.49. The third-order valence-corrected chi connectivity index (χ3v) is 4.71. The molecule has 0 aromatic heterocycles. The van der Waals surface area contributed by atoms with Crippen LogP contribution in [-0.2, 0) is 11.3 Å². The molecule has 0 aliphatic carbocycles. The van der Waals surface area contributed by atoms with E-state index >= 15 is 0 Å². The van der Waals surface area contributed by atoms with Gasteiger partial charge in [0, 0.05) is 43.4 Å². The summed E-state index contributed by atoms with van der Waals surface area (Å²) >= 11 is 5.86. The van der Waals surface area contributed by atoms with E-state index < -0.39 is 6.10 Å². The van der Waals surface area contributed by atoms with E-state index in [2.05, 4.69) is 34.1 Å². The van der Waals surface area contributed by atoms with Gasteiger partial charge in [0.25, 0.3) is 0 Å². The van der Waals surface area contributed by atoms with Gasteiger partial charge in [0.15, 0.2) is 0 Å². The summed E-state index contributed by atoms with van der Waals surface area (Å²) in [5.74, 6) is 0. The van der Waals surface area contributed by atoms with Crippen LogP contribution in [0.4, 0.5) is 5.69 Å². The van der Waals surface area contributed by atoms with Crippen LogP contribution >= 0.6 is 11.6 Å². The number of ether oxygens (including phenoxy) is 1. The Bertz CT molecular complexity index is 628. The van der Waals surface area contributed by atoms with Crippen LogP contribution < -0.4 is 4.90 Å². The number of halogens is 1. The zero-order chi connectivity index (χ0) is 17.5. The van der Waals surface area contributed by atoms with Crippen molar-refractivity contribution in [3.05, 3.63) is 65.2 Å². The number of hydrogen-bond donors (Lipinski definition) is 1. The summed E-state index contributed by atoms with van der Waals surface area (Å²) in [6.07, 6.45) is -0.462. The molecular weight excluding hydrogens is 336 g/mol. The van der Waals surface area contributed by atoms with Crippen LogP contribution in [0.3, 0.4) is 0 Å². The highest BCUT2D eigenvalue weighted by Gasteiger charge is 2.19. The maximum Gasteiger partial charge on any atom is 0.0900 e. The highest BCUT2D eigenvalue weighted by atomic mass is 35.5. The first-order valence-electron chi connectivity index (χ1n) is 8.73. The molecule has 4 nitrogen and oxygen atoms in total. The van der Waals surface area contributed by atoms with Crippen molar-refractivity contribution in [1.82, 2.24) is 4.90 Å². The summed E-state index contributed by atoms with van der Waals surface area (Å²) < 4.78 is 5.62. The summed E-state index contributed by atoms with van der Waals surface area (Å²) in [7, 11) is 0. The Kier molecular flexibility index (Phi) is 6.70. The fraction of sp³-hybridized carbons (Fsp3) is 0.400. The minimum Gasteiger partial charge on any atom is -0.389 e. The minimum absolute atomic E-state index is 0.349. The molecule has 2 aromatic rings. The maximum absolute atomic E-state index is 10.2. The second-order valence-corrected chi connectivity index (χ2v) is 6.86. The fourth-order valence-corrected chi connectivity index (χ4v) is 3.20. The molecule has 1 fully saturated rings. The van der Waals surface area contributed by atoms with E-state index in [1.165, 1.54) is 5.69 Å². The molecule has 2 aromatic carbocycles. The van der Waals surface area contributed by atoms with Crippen molar-refractivity contribution >= 4 is 17.3 Å². The lowest BCUT2D eigenvalue weighted by atomic mass is 10.2. The molecule has 0 saturated carbocycles. The first-order chi connectivity index (χ1) is 12.2. The predicted molar refractivity (Wildman–Crippen MR) is 102 cm³/mol. The summed E-state index contributed by atoms with van der Waals surface area (Å²) in [5, 5.41) is 10.9. The highest BCUT2D eigenvalue weighted by Crippen LogP contribution is 2.15. The van der Waals surface area contributed by atoms with E-state index in [9.17, 15) is 5.11 Å². The van der Waals surface area contributed by atoms with Gasteiger partial charge in [-0.05, 0) is 29.8 Å². The Balaban J connectivity index is 1.35. The molecule has 3 rings (SSSR count). The Morgan fingerprint density at radius 2 is 1.64 bits per heavy atom. The Morgan fingerprint density at radius 3 is 2.32 bits per heavy atom. The number of aliphatic hydroxyl groups is 1. The molecular formula is C20H25ClN2O2. The second-order valence-electron chi connectivity index (χ2n) is 6.42. The Labute approximate surface area is 154 Å². The number of nitrogens with zero attached hydrogens (tertiary/aromatic N) is 2. The largest absolute Gasteiger partial charge is 0.389 e. The molecule has 134 valence electrons. The Hall–Kier alpha value is -1.59. The van der Waals surface area contributed by atoms with Crippen molar-refractivity contribution in [2.45, 2.75) is 12.7 Å². The van der Waals surface area contributed by atoms with Crippen molar-refractivity contribution in [3.8, 4) is 0 Å². The van der Waals surface area contributed by atoms with E-state index in [0.29, 0.717) is 19.8 Å². The van der Waals surface area contributed by atoms with Crippen molar-refractivity contribution in [2.24, 2.45) is 0 Å². The van der Waals surface area contributed by atoms with Gasteiger partial charge in [0.2, 0.25) is 0 Å². The number of β-amino-alcohol motifs (C(OH)–C–C–N with tert-alkyl or cyclic N) is 1. The molecule has 1 N–H and O–H groups in total.